The van der Waals surface area contributed by atoms with Crippen molar-refractivity contribution in [3.05, 3.63) is 24.3 Å². The zero-order chi connectivity index (χ0) is 11.4. The van der Waals surface area contributed by atoms with Gasteiger partial charge < -0.3 is 5.32 Å². The van der Waals surface area contributed by atoms with Crippen LogP contribution in [0.25, 0.3) is 0 Å². The van der Waals surface area contributed by atoms with Crippen molar-refractivity contribution in [1.29, 1.82) is 0 Å². The van der Waals surface area contributed by atoms with Crippen LogP contribution in [-0.2, 0) is 6.54 Å². The van der Waals surface area contributed by atoms with Gasteiger partial charge in [0.1, 0.15) is 5.82 Å². The Labute approximate surface area is 97.1 Å². The van der Waals surface area contributed by atoms with Crippen molar-refractivity contribution < 1.29 is 0 Å². The summed E-state index contributed by atoms with van der Waals surface area (Å²) in [5.41, 5.74) is 0.186. The van der Waals surface area contributed by atoms with Gasteiger partial charge in [0.05, 0.1) is 6.54 Å². The van der Waals surface area contributed by atoms with Crippen LogP contribution < -0.4 is 5.32 Å². The predicted octanol–water partition coefficient (Wildman–Crippen LogP) is 1.05. The maximum atomic E-state index is 4.28. The molecule has 4 heteroatoms. The standard InChI is InChI=1S/C12H20N4/c1-12(2)10-16(8-4-7-15-12)9-11-13-5-3-6-14-11/h3,5-6,15H,4,7-10H2,1-2H3. The molecular weight excluding hydrogens is 200 g/mol. The first-order chi connectivity index (χ1) is 7.66. The predicted molar refractivity (Wildman–Crippen MR) is 64.0 cm³/mol. The molecule has 0 bridgehead atoms. The Balaban J connectivity index is 1.98. The lowest BCUT2D eigenvalue weighted by atomic mass is 10.1. The van der Waals surface area contributed by atoms with E-state index in [0.717, 1.165) is 32.0 Å². The quantitative estimate of drug-likeness (QED) is 0.809. The summed E-state index contributed by atoms with van der Waals surface area (Å²) >= 11 is 0. The van der Waals surface area contributed by atoms with Crippen molar-refractivity contribution >= 4 is 0 Å². The van der Waals surface area contributed by atoms with E-state index in [1.807, 2.05) is 18.5 Å². The van der Waals surface area contributed by atoms with Gasteiger partial charge in [-0.05, 0) is 39.4 Å². The summed E-state index contributed by atoms with van der Waals surface area (Å²) in [4.78, 5) is 11.0. The molecule has 88 valence electrons. The van der Waals surface area contributed by atoms with Crippen LogP contribution in [0, 0.1) is 0 Å². The lowest BCUT2D eigenvalue weighted by molar-refractivity contribution is 0.219. The average Bonchev–Trinajstić information content (AvgIpc) is 2.40. The van der Waals surface area contributed by atoms with Crippen LogP contribution in [0.2, 0.25) is 0 Å². The highest BCUT2D eigenvalue weighted by atomic mass is 15.2. The summed E-state index contributed by atoms with van der Waals surface area (Å²) in [5.74, 6) is 0.917. The molecule has 1 aromatic rings. The largest absolute Gasteiger partial charge is 0.310 e. The molecule has 2 rings (SSSR count). The molecule has 4 nitrogen and oxygen atoms in total. The highest BCUT2D eigenvalue weighted by Gasteiger charge is 2.24. The molecule has 1 aromatic heterocycles. The molecule has 1 fully saturated rings. The molecule has 0 saturated carbocycles. The molecule has 1 aliphatic rings. The van der Waals surface area contributed by atoms with Gasteiger partial charge in [-0.3, -0.25) is 4.90 Å². The summed E-state index contributed by atoms with van der Waals surface area (Å²) in [7, 11) is 0. The van der Waals surface area contributed by atoms with Gasteiger partial charge in [0, 0.05) is 24.5 Å². The lowest BCUT2D eigenvalue weighted by Gasteiger charge is -2.29. The van der Waals surface area contributed by atoms with Crippen LogP contribution in [0.1, 0.15) is 26.1 Å². The Hall–Kier alpha value is -1.00. The monoisotopic (exact) mass is 220 g/mol. The number of rotatable bonds is 2. The highest BCUT2D eigenvalue weighted by molar-refractivity contribution is 4.91. The number of aromatic nitrogens is 2. The molecule has 0 radical (unpaired) electrons. The van der Waals surface area contributed by atoms with Crippen LogP contribution in [0.5, 0.6) is 0 Å². The van der Waals surface area contributed by atoms with E-state index in [1.165, 1.54) is 6.42 Å². The summed E-state index contributed by atoms with van der Waals surface area (Å²) in [5, 5.41) is 3.55. The Kier molecular flexibility index (Phi) is 3.51. The van der Waals surface area contributed by atoms with Crippen LogP contribution >= 0.6 is 0 Å². The number of hydrogen-bond donors (Lipinski definition) is 1. The summed E-state index contributed by atoms with van der Waals surface area (Å²) < 4.78 is 0. The van der Waals surface area contributed by atoms with Crippen molar-refractivity contribution in [2.45, 2.75) is 32.4 Å². The van der Waals surface area contributed by atoms with Gasteiger partial charge in [-0.25, -0.2) is 9.97 Å². The van der Waals surface area contributed by atoms with E-state index in [-0.39, 0.29) is 5.54 Å². The molecule has 2 heterocycles. The Morgan fingerprint density at radius 3 is 2.88 bits per heavy atom. The first kappa shape index (κ1) is 11.5. The molecule has 0 atom stereocenters. The Morgan fingerprint density at radius 2 is 2.12 bits per heavy atom. The van der Waals surface area contributed by atoms with E-state index in [2.05, 4.69) is 34.0 Å². The topological polar surface area (TPSA) is 41.1 Å². The minimum atomic E-state index is 0.186. The van der Waals surface area contributed by atoms with Gasteiger partial charge in [-0.2, -0.15) is 0 Å². The van der Waals surface area contributed by atoms with E-state index in [9.17, 15) is 0 Å². The van der Waals surface area contributed by atoms with Gasteiger partial charge in [0.2, 0.25) is 0 Å². The van der Waals surface area contributed by atoms with Crippen molar-refractivity contribution in [3.63, 3.8) is 0 Å². The fraction of sp³-hybridized carbons (Fsp3) is 0.667. The SMILES string of the molecule is CC1(C)CN(Cc2ncccn2)CCCN1. The molecule has 0 unspecified atom stereocenters. The third-order valence-electron chi connectivity index (χ3n) is 2.86. The van der Waals surface area contributed by atoms with E-state index < -0.39 is 0 Å². The zero-order valence-electron chi connectivity index (χ0n) is 10.1. The fourth-order valence-electron chi connectivity index (χ4n) is 2.17. The van der Waals surface area contributed by atoms with Gasteiger partial charge in [-0.15, -0.1) is 0 Å². The highest BCUT2D eigenvalue weighted by Crippen LogP contribution is 2.11. The van der Waals surface area contributed by atoms with Gasteiger partial charge in [0.15, 0.2) is 0 Å². The maximum Gasteiger partial charge on any atom is 0.142 e. The fourth-order valence-corrected chi connectivity index (χ4v) is 2.17. The average molecular weight is 220 g/mol. The van der Waals surface area contributed by atoms with E-state index in [0.29, 0.717) is 0 Å². The number of nitrogens with one attached hydrogen (secondary N) is 1. The normalized spacial score (nSPS) is 21.6. The molecule has 1 N–H and O–H groups in total. The third-order valence-corrected chi connectivity index (χ3v) is 2.86. The van der Waals surface area contributed by atoms with Gasteiger partial charge in [-0.1, -0.05) is 0 Å². The second-order valence-corrected chi connectivity index (χ2v) is 5.04. The number of nitrogens with zero attached hydrogens (tertiary/aromatic N) is 3. The minimum absolute atomic E-state index is 0.186. The Bertz CT molecular complexity index is 323. The van der Waals surface area contributed by atoms with E-state index in [1.54, 1.807) is 0 Å². The van der Waals surface area contributed by atoms with Crippen LogP contribution in [-0.4, -0.2) is 40.0 Å². The van der Waals surface area contributed by atoms with Crippen molar-refractivity contribution in [2.24, 2.45) is 0 Å². The van der Waals surface area contributed by atoms with Crippen molar-refractivity contribution in [1.82, 2.24) is 20.2 Å². The van der Waals surface area contributed by atoms with Crippen LogP contribution in [0.4, 0.5) is 0 Å². The number of hydrogen-bond acceptors (Lipinski definition) is 4. The van der Waals surface area contributed by atoms with Crippen LogP contribution in [0.3, 0.4) is 0 Å². The second kappa shape index (κ2) is 4.89. The zero-order valence-corrected chi connectivity index (χ0v) is 10.1. The van der Waals surface area contributed by atoms with Crippen molar-refractivity contribution in [2.75, 3.05) is 19.6 Å². The summed E-state index contributed by atoms with van der Waals surface area (Å²) in [6.07, 6.45) is 4.81. The lowest BCUT2D eigenvalue weighted by Crippen LogP contribution is -2.46. The third kappa shape index (κ3) is 3.25. The molecule has 0 amide bonds. The summed E-state index contributed by atoms with van der Waals surface area (Å²) in [6, 6.07) is 1.86. The molecule has 1 aliphatic heterocycles. The molecule has 0 aromatic carbocycles. The first-order valence-electron chi connectivity index (χ1n) is 5.89. The Morgan fingerprint density at radius 1 is 1.38 bits per heavy atom. The molecule has 1 saturated heterocycles. The minimum Gasteiger partial charge on any atom is -0.310 e. The molecule has 0 aliphatic carbocycles. The summed E-state index contributed by atoms with van der Waals surface area (Å²) in [6.45, 7) is 8.61. The van der Waals surface area contributed by atoms with E-state index >= 15 is 0 Å². The molecule has 16 heavy (non-hydrogen) atoms. The second-order valence-electron chi connectivity index (χ2n) is 5.04. The van der Waals surface area contributed by atoms with Gasteiger partial charge >= 0.3 is 0 Å². The smallest absolute Gasteiger partial charge is 0.142 e. The first-order valence-corrected chi connectivity index (χ1v) is 5.89. The van der Waals surface area contributed by atoms with Crippen molar-refractivity contribution in [3.8, 4) is 0 Å². The maximum absolute atomic E-state index is 4.28. The van der Waals surface area contributed by atoms with Gasteiger partial charge in [0.25, 0.3) is 0 Å². The molecular formula is C12H20N4. The molecule has 0 spiro atoms. The van der Waals surface area contributed by atoms with Crippen LogP contribution in [0.15, 0.2) is 18.5 Å². The van der Waals surface area contributed by atoms with E-state index in [4.69, 9.17) is 0 Å².